The summed E-state index contributed by atoms with van der Waals surface area (Å²) >= 11 is 4.31. The molecule has 0 unspecified atom stereocenters. The Kier molecular flexibility index (Phi) is 7.05. The number of benzene rings is 1. The zero-order valence-corrected chi connectivity index (χ0v) is 20.9. The van der Waals surface area contributed by atoms with Crippen LogP contribution in [0.3, 0.4) is 0 Å². The van der Waals surface area contributed by atoms with Crippen LogP contribution in [0.25, 0.3) is 0 Å². The van der Waals surface area contributed by atoms with E-state index in [0.717, 1.165) is 24.5 Å². The van der Waals surface area contributed by atoms with E-state index in [1.165, 1.54) is 36.3 Å². The average Bonchev–Trinajstić information content (AvgIpc) is 3.44. The Balaban J connectivity index is 1.69. The Morgan fingerprint density at radius 2 is 1.86 bits per heavy atom. The van der Waals surface area contributed by atoms with E-state index in [0.29, 0.717) is 10.2 Å². The summed E-state index contributed by atoms with van der Waals surface area (Å²) in [6.45, 7) is 12.3. The first-order valence-electron chi connectivity index (χ1n) is 10.4. The molecule has 28 heavy (non-hydrogen) atoms. The molecular formula is C22H36O3S2Si. The molecular weight excluding hydrogens is 404 g/mol. The number of aryl methyl sites for hydroxylation is 1. The van der Waals surface area contributed by atoms with Crippen molar-refractivity contribution in [1.29, 1.82) is 0 Å². The molecule has 2 heterocycles. The molecule has 3 nitrogen and oxygen atoms in total. The molecule has 0 amide bonds. The third-order valence-electron chi connectivity index (χ3n) is 6.15. The van der Waals surface area contributed by atoms with Crippen molar-refractivity contribution in [3.05, 3.63) is 23.8 Å². The lowest BCUT2D eigenvalue weighted by molar-refractivity contribution is 0.383. The average molecular weight is 441 g/mol. The van der Waals surface area contributed by atoms with Crippen molar-refractivity contribution in [2.24, 2.45) is 0 Å². The number of rotatable bonds is 8. The van der Waals surface area contributed by atoms with Gasteiger partial charge in [0.15, 0.2) is 5.75 Å². The number of hydrogen-bond donors (Lipinski definition) is 0. The first-order valence-corrected chi connectivity index (χ1v) is 15.3. The van der Waals surface area contributed by atoms with Crippen LogP contribution in [0.4, 0.5) is 0 Å². The Morgan fingerprint density at radius 3 is 2.43 bits per heavy atom. The van der Waals surface area contributed by atoms with Gasteiger partial charge in [-0.25, -0.2) is 0 Å². The highest BCUT2D eigenvalue weighted by molar-refractivity contribution is 8.18. The van der Waals surface area contributed by atoms with Crippen molar-refractivity contribution in [2.45, 2.75) is 74.8 Å². The molecule has 2 saturated heterocycles. The Hall–Kier alpha value is -0.303. The lowest BCUT2D eigenvalue weighted by atomic mass is 10.0. The zero-order valence-electron chi connectivity index (χ0n) is 18.3. The van der Waals surface area contributed by atoms with Crippen LogP contribution in [0.15, 0.2) is 18.2 Å². The quantitative estimate of drug-likeness (QED) is 0.346. The Bertz CT molecular complexity index is 662. The van der Waals surface area contributed by atoms with Gasteiger partial charge in [-0.15, -0.1) is 23.5 Å². The molecule has 158 valence electrons. The minimum absolute atomic E-state index is 0.170. The van der Waals surface area contributed by atoms with E-state index in [2.05, 4.69) is 75.6 Å². The largest absolute Gasteiger partial charge is 0.541 e. The van der Waals surface area contributed by atoms with Gasteiger partial charge < -0.3 is 13.9 Å². The fourth-order valence-electron chi connectivity index (χ4n) is 3.23. The SMILES string of the molecule is COc1cc(CCC2(C[C@@H]3CO3)SCCCS2)ccc1O[Si](C)(C)C(C)(C)C. The second kappa shape index (κ2) is 8.82. The van der Waals surface area contributed by atoms with E-state index < -0.39 is 8.32 Å². The third-order valence-corrected chi connectivity index (χ3v) is 14.0. The van der Waals surface area contributed by atoms with Crippen LogP contribution in [0.2, 0.25) is 18.1 Å². The van der Waals surface area contributed by atoms with Crippen molar-refractivity contribution in [3.8, 4) is 11.5 Å². The highest BCUT2D eigenvalue weighted by Crippen LogP contribution is 2.50. The molecule has 0 aliphatic carbocycles. The minimum atomic E-state index is -1.88. The molecule has 0 N–H and O–H groups in total. The maximum Gasteiger partial charge on any atom is 0.250 e. The topological polar surface area (TPSA) is 31.0 Å². The lowest BCUT2D eigenvalue weighted by Gasteiger charge is -2.37. The molecule has 1 aromatic carbocycles. The molecule has 2 aliphatic rings. The minimum Gasteiger partial charge on any atom is -0.541 e. The predicted molar refractivity (Wildman–Crippen MR) is 126 cm³/mol. The highest BCUT2D eigenvalue weighted by atomic mass is 32.2. The van der Waals surface area contributed by atoms with Crippen LogP contribution in [0, 0.1) is 0 Å². The zero-order chi connectivity index (χ0) is 20.4. The standard InChI is InChI=1S/C22H36O3S2Si/c1-21(2,3)28(5,6)25-19-9-8-17(14-20(19)23-4)10-11-22(15-18-16-24-18)26-12-7-13-27-22/h8-9,14,18H,7,10-13,15-16H2,1-6H3/t18-/m1/s1. The van der Waals surface area contributed by atoms with Gasteiger partial charge in [0.25, 0.3) is 8.32 Å². The summed E-state index contributed by atoms with van der Waals surface area (Å²) in [5.74, 6) is 4.32. The van der Waals surface area contributed by atoms with Crippen LogP contribution < -0.4 is 9.16 Å². The number of thioether (sulfide) groups is 2. The van der Waals surface area contributed by atoms with Crippen LogP contribution in [0.1, 0.15) is 45.6 Å². The van der Waals surface area contributed by atoms with Gasteiger partial charge in [-0.05, 0) is 73.0 Å². The first kappa shape index (κ1) is 22.4. The molecule has 0 aromatic heterocycles. The molecule has 2 fully saturated rings. The Morgan fingerprint density at radius 1 is 1.18 bits per heavy atom. The second-order valence-corrected chi connectivity index (χ2v) is 17.4. The van der Waals surface area contributed by atoms with Gasteiger partial charge in [-0.1, -0.05) is 26.8 Å². The van der Waals surface area contributed by atoms with E-state index in [4.69, 9.17) is 13.9 Å². The molecule has 0 spiro atoms. The highest BCUT2D eigenvalue weighted by Gasteiger charge is 2.41. The monoisotopic (exact) mass is 440 g/mol. The van der Waals surface area contributed by atoms with Crippen molar-refractivity contribution in [3.63, 3.8) is 0 Å². The van der Waals surface area contributed by atoms with Crippen molar-refractivity contribution >= 4 is 31.8 Å². The van der Waals surface area contributed by atoms with Gasteiger partial charge in [0.1, 0.15) is 5.75 Å². The fraction of sp³-hybridized carbons (Fsp3) is 0.727. The van der Waals surface area contributed by atoms with Crippen molar-refractivity contribution in [1.82, 2.24) is 0 Å². The van der Waals surface area contributed by atoms with Crippen LogP contribution in [-0.4, -0.2) is 43.7 Å². The molecule has 0 saturated carbocycles. The van der Waals surface area contributed by atoms with Gasteiger partial charge in [0, 0.05) is 0 Å². The van der Waals surface area contributed by atoms with E-state index in [1.54, 1.807) is 7.11 Å². The summed E-state index contributed by atoms with van der Waals surface area (Å²) < 4.78 is 18.1. The molecule has 2 aliphatic heterocycles. The second-order valence-electron chi connectivity index (χ2n) is 9.47. The van der Waals surface area contributed by atoms with E-state index in [-0.39, 0.29) is 5.04 Å². The van der Waals surface area contributed by atoms with E-state index in [1.807, 2.05) is 0 Å². The van der Waals surface area contributed by atoms with Crippen LogP contribution >= 0.6 is 23.5 Å². The normalized spacial score (nSPS) is 22.0. The van der Waals surface area contributed by atoms with Crippen molar-refractivity contribution in [2.75, 3.05) is 25.2 Å². The van der Waals surface area contributed by atoms with Crippen LogP contribution in [-0.2, 0) is 11.2 Å². The number of ether oxygens (including phenoxy) is 2. The summed E-state index contributed by atoms with van der Waals surface area (Å²) in [6, 6.07) is 6.53. The predicted octanol–water partition coefficient (Wildman–Crippen LogP) is 6.37. The molecule has 0 bridgehead atoms. The lowest BCUT2D eigenvalue weighted by Crippen LogP contribution is -2.43. The molecule has 1 atom stereocenters. The number of methoxy groups -OCH3 is 1. The summed E-state index contributed by atoms with van der Waals surface area (Å²) in [5.41, 5.74) is 1.34. The van der Waals surface area contributed by atoms with Crippen LogP contribution in [0.5, 0.6) is 11.5 Å². The van der Waals surface area contributed by atoms with Crippen molar-refractivity contribution < 1.29 is 13.9 Å². The first-order chi connectivity index (χ1) is 13.1. The van der Waals surface area contributed by atoms with Gasteiger partial charge >= 0.3 is 0 Å². The van der Waals surface area contributed by atoms with Gasteiger partial charge in [-0.2, -0.15) is 0 Å². The summed E-state index contributed by atoms with van der Waals surface area (Å²) in [6.07, 6.45) is 5.27. The maximum atomic E-state index is 6.51. The van der Waals surface area contributed by atoms with Gasteiger partial charge in [0.2, 0.25) is 0 Å². The van der Waals surface area contributed by atoms with E-state index >= 15 is 0 Å². The number of hydrogen-bond acceptors (Lipinski definition) is 5. The maximum absolute atomic E-state index is 6.51. The molecule has 0 radical (unpaired) electrons. The molecule has 1 aromatic rings. The van der Waals surface area contributed by atoms with Gasteiger partial charge in [0.05, 0.1) is 23.9 Å². The smallest absolute Gasteiger partial charge is 0.250 e. The molecule has 3 rings (SSSR count). The fourth-order valence-corrected chi connectivity index (χ4v) is 7.69. The molecule has 6 heteroatoms. The summed E-state index contributed by atoms with van der Waals surface area (Å²) in [7, 11) is -0.134. The summed E-state index contributed by atoms with van der Waals surface area (Å²) in [4.78, 5) is 0. The summed E-state index contributed by atoms with van der Waals surface area (Å²) in [5, 5.41) is 0.170. The third kappa shape index (κ3) is 5.64. The Labute approximate surface area is 180 Å². The number of epoxide rings is 1. The van der Waals surface area contributed by atoms with Gasteiger partial charge in [-0.3, -0.25) is 0 Å². The van der Waals surface area contributed by atoms with E-state index in [9.17, 15) is 0 Å².